The zero-order valence-electron chi connectivity index (χ0n) is 11.7. The number of aliphatic imine (C=N–C) groups is 1. The minimum atomic E-state index is -3.14. The number of sulfone groups is 1. The highest BCUT2D eigenvalue weighted by Crippen LogP contribution is 2.24. The summed E-state index contributed by atoms with van der Waals surface area (Å²) in [6, 6.07) is 6.72. The fraction of sp³-hybridized carbons (Fsp3) is 0.500. The highest BCUT2D eigenvalue weighted by Gasteiger charge is 2.16. The summed E-state index contributed by atoms with van der Waals surface area (Å²) in [4.78, 5) is 4.57. The van der Waals surface area contributed by atoms with Gasteiger partial charge in [0.05, 0.1) is 11.4 Å². The normalized spacial score (nSPS) is 16.8. The third kappa shape index (κ3) is 4.23. The average molecular weight is 295 g/mol. The first-order valence-corrected chi connectivity index (χ1v) is 8.67. The van der Waals surface area contributed by atoms with Crippen molar-refractivity contribution in [3.8, 4) is 0 Å². The Morgan fingerprint density at radius 3 is 2.50 bits per heavy atom. The second-order valence-corrected chi connectivity index (χ2v) is 7.31. The van der Waals surface area contributed by atoms with Gasteiger partial charge < -0.3 is 11.1 Å². The van der Waals surface area contributed by atoms with Gasteiger partial charge in [-0.25, -0.2) is 13.4 Å². The van der Waals surface area contributed by atoms with Crippen molar-refractivity contribution in [3.63, 3.8) is 0 Å². The molecule has 0 aliphatic heterocycles. The number of benzene rings is 1. The molecule has 0 radical (unpaired) electrons. The molecule has 0 aromatic heterocycles. The van der Waals surface area contributed by atoms with E-state index in [1.807, 2.05) is 0 Å². The molecule has 0 spiro atoms. The summed E-state index contributed by atoms with van der Waals surface area (Å²) in [5.74, 6) is 1.18. The predicted octanol–water partition coefficient (Wildman–Crippen LogP) is 1.29. The first-order valence-electron chi connectivity index (χ1n) is 6.78. The van der Waals surface area contributed by atoms with Crippen LogP contribution in [-0.2, 0) is 16.4 Å². The van der Waals surface area contributed by atoms with Gasteiger partial charge in [-0.15, -0.1) is 0 Å². The fourth-order valence-corrected chi connectivity index (χ4v) is 2.65. The van der Waals surface area contributed by atoms with Gasteiger partial charge in [0, 0.05) is 12.8 Å². The van der Waals surface area contributed by atoms with Crippen LogP contribution in [0, 0.1) is 5.92 Å². The second kappa shape index (κ2) is 6.26. The third-order valence-corrected chi connectivity index (χ3v) is 4.71. The van der Waals surface area contributed by atoms with E-state index in [1.54, 1.807) is 24.3 Å². The standard InChI is InChI=1S/C14H21N3O2S/c1-20(18,19)13-7-5-12(6-8-13)10-17-14(15)16-9-11-3-2-4-11/h5-8,11H,2-4,9-10H2,1H3,(H3,15,16,17). The van der Waals surface area contributed by atoms with Crippen LogP contribution in [0.2, 0.25) is 0 Å². The monoisotopic (exact) mass is 295 g/mol. The number of nitrogens with one attached hydrogen (secondary N) is 1. The van der Waals surface area contributed by atoms with Crippen molar-refractivity contribution in [1.29, 1.82) is 0 Å². The molecule has 5 nitrogen and oxygen atoms in total. The number of hydrogen-bond donors (Lipinski definition) is 2. The Morgan fingerprint density at radius 2 is 2.00 bits per heavy atom. The molecule has 20 heavy (non-hydrogen) atoms. The van der Waals surface area contributed by atoms with Gasteiger partial charge in [-0.05, 0) is 36.5 Å². The molecule has 3 N–H and O–H groups in total. The SMILES string of the molecule is CS(=O)(=O)c1ccc(CN=C(N)NCC2CCC2)cc1. The molecular weight excluding hydrogens is 274 g/mol. The number of guanidine groups is 1. The highest BCUT2D eigenvalue weighted by molar-refractivity contribution is 7.90. The van der Waals surface area contributed by atoms with Gasteiger partial charge in [-0.2, -0.15) is 0 Å². The minimum Gasteiger partial charge on any atom is -0.370 e. The lowest BCUT2D eigenvalue weighted by molar-refractivity contribution is 0.315. The maximum absolute atomic E-state index is 11.3. The van der Waals surface area contributed by atoms with E-state index in [2.05, 4.69) is 10.3 Å². The number of nitrogens with zero attached hydrogens (tertiary/aromatic N) is 1. The van der Waals surface area contributed by atoms with Crippen molar-refractivity contribution in [2.75, 3.05) is 12.8 Å². The van der Waals surface area contributed by atoms with Crippen molar-refractivity contribution in [2.24, 2.45) is 16.6 Å². The molecule has 1 aromatic rings. The molecule has 0 amide bonds. The van der Waals surface area contributed by atoms with E-state index in [0.717, 1.165) is 18.0 Å². The lowest BCUT2D eigenvalue weighted by atomic mass is 9.85. The molecule has 0 heterocycles. The van der Waals surface area contributed by atoms with Crippen molar-refractivity contribution in [1.82, 2.24) is 5.32 Å². The van der Waals surface area contributed by atoms with Gasteiger partial charge in [-0.1, -0.05) is 18.6 Å². The molecule has 0 atom stereocenters. The Kier molecular flexibility index (Phi) is 4.65. The quantitative estimate of drug-likeness (QED) is 0.633. The summed E-state index contributed by atoms with van der Waals surface area (Å²) >= 11 is 0. The van der Waals surface area contributed by atoms with Crippen LogP contribution in [0.15, 0.2) is 34.2 Å². The lowest BCUT2D eigenvalue weighted by Gasteiger charge is -2.25. The van der Waals surface area contributed by atoms with Gasteiger partial charge in [0.15, 0.2) is 15.8 Å². The molecule has 1 fully saturated rings. The van der Waals surface area contributed by atoms with E-state index in [9.17, 15) is 8.42 Å². The van der Waals surface area contributed by atoms with E-state index in [-0.39, 0.29) is 0 Å². The lowest BCUT2D eigenvalue weighted by Crippen LogP contribution is -2.37. The fourth-order valence-electron chi connectivity index (χ4n) is 2.02. The smallest absolute Gasteiger partial charge is 0.188 e. The van der Waals surface area contributed by atoms with Crippen LogP contribution >= 0.6 is 0 Å². The van der Waals surface area contributed by atoms with Crippen LogP contribution in [0.4, 0.5) is 0 Å². The van der Waals surface area contributed by atoms with E-state index in [0.29, 0.717) is 17.4 Å². The molecule has 1 aliphatic carbocycles. The first kappa shape index (κ1) is 14.8. The molecule has 110 valence electrons. The molecule has 1 aromatic carbocycles. The van der Waals surface area contributed by atoms with Crippen LogP contribution in [0.25, 0.3) is 0 Å². The van der Waals surface area contributed by atoms with E-state index in [4.69, 9.17) is 5.73 Å². The zero-order chi connectivity index (χ0) is 14.6. The van der Waals surface area contributed by atoms with Gasteiger partial charge in [0.25, 0.3) is 0 Å². The van der Waals surface area contributed by atoms with Crippen LogP contribution in [-0.4, -0.2) is 27.2 Å². The minimum absolute atomic E-state index is 0.321. The van der Waals surface area contributed by atoms with Crippen molar-refractivity contribution in [2.45, 2.75) is 30.7 Å². The summed E-state index contributed by atoms with van der Waals surface area (Å²) in [6.07, 6.45) is 5.05. The second-order valence-electron chi connectivity index (χ2n) is 5.30. The number of hydrogen-bond acceptors (Lipinski definition) is 3. The summed E-state index contributed by atoms with van der Waals surface area (Å²) in [6.45, 7) is 1.34. The third-order valence-electron chi connectivity index (χ3n) is 3.58. The average Bonchev–Trinajstić information content (AvgIpc) is 2.34. The van der Waals surface area contributed by atoms with E-state index < -0.39 is 9.84 Å². The van der Waals surface area contributed by atoms with Crippen LogP contribution in [0.3, 0.4) is 0 Å². The van der Waals surface area contributed by atoms with Crippen molar-refractivity contribution in [3.05, 3.63) is 29.8 Å². The van der Waals surface area contributed by atoms with E-state index in [1.165, 1.54) is 25.5 Å². The molecule has 1 aliphatic rings. The highest BCUT2D eigenvalue weighted by atomic mass is 32.2. The molecule has 0 bridgehead atoms. The Balaban J connectivity index is 1.86. The maximum Gasteiger partial charge on any atom is 0.188 e. The summed E-state index contributed by atoms with van der Waals surface area (Å²) < 4.78 is 22.7. The van der Waals surface area contributed by atoms with Gasteiger partial charge in [0.1, 0.15) is 0 Å². The Bertz CT molecular complexity index is 575. The topological polar surface area (TPSA) is 84.5 Å². The van der Waals surface area contributed by atoms with Gasteiger partial charge in [0.2, 0.25) is 0 Å². The number of nitrogens with two attached hydrogens (primary N) is 1. The zero-order valence-corrected chi connectivity index (χ0v) is 12.5. The number of rotatable bonds is 5. The Morgan fingerprint density at radius 1 is 1.35 bits per heavy atom. The van der Waals surface area contributed by atoms with E-state index >= 15 is 0 Å². The molecule has 1 saturated carbocycles. The summed E-state index contributed by atoms with van der Waals surface area (Å²) in [7, 11) is -3.14. The molecule has 0 saturated heterocycles. The molecular formula is C14H21N3O2S. The largest absolute Gasteiger partial charge is 0.370 e. The first-order chi connectivity index (χ1) is 9.45. The summed E-state index contributed by atoms with van der Waals surface area (Å²) in [5, 5.41) is 3.12. The van der Waals surface area contributed by atoms with Crippen molar-refractivity contribution < 1.29 is 8.42 Å². The predicted molar refractivity (Wildman–Crippen MR) is 80.2 cm³/mol. The Labute approximate surface area is 120 Å². The summed E-state index contributed by atoms with van der Waals surface area (Å²) in [5.41, 5.74) is 6.73. The Hall–Kier alpha value is -1.56. The van der Waals surface area contributed by atoms with Crippen LogP contribution in [0.5, 0.6) is 0 Å². The molecule has 0 unspecified atom stereocenters. The molecule has 6 heteroatoms. The van der Waals surface area contributed by atoms with Gasteiger partial charge in [-0.3, -0.25) is 0 Å². The van der Waals surface area contributed by atoms with Crippen molar-refractivity contribution >= 4 is 15.8 Å². The van der Waals surface area contributed by atoms with Crippen LogP contribution in [0.1, 0.15) is 24.8 Å². The molecule has 2 rings (SSSR count). The van der Waals surface area contributed by atoms with Crippen LogP contribution < -0.4 is 11.1 Å². The van der Waals surface area contributed by atoms with Gasteiger partial charge >= 0.3 is 0 Å². The maximum atomic E-state index is 11.3.